The fourth-order valence-electron chi connectivity index (χ4n) is 1.64. The minimum absolute atomic E-state index is 0.183. The summed E-state index contributed by atoms with van der Waals surface area (Å²) in [5.41, 5.74) is 5.21. The first-order chi connectivity index (χ1) is 7.29. The van der Waals surface area contributed by atoms with E-state index in [2.05, 4.69) is 10.4 Å². The van der Waals surface area contributed by atoms with Crippen molar-refractivity contribution in [2.75, 3.05) is 13.7 Å². The van der Waals surface area contributed by atoms with E-state index in [0.717, 1.165) is 25.0 Å². The molecule has 0 aliphatic rings. The largest absolute Gasteiger partial charge is 0.385 e. The van der Waals surface area contributed by atoms with Crippen LogP contribution in [0.3, 0.4) is 0 Å². The van der Waals surface area contributed by atoms with Crippen molar-refractivity contribution >= 4 is 0 Å². The number of pyridine rings is 1. The summed E-state index contributed by atoms with van der Waals surface area (Å²) in [5.74, 6) is 5.54. The van der Waals surface area contributed by atoms with Gasteiger partial charge >= 0.3 is 0 Å². The first-order valence-electron chi connectivity index (χ1n) is 5.15. The molecule has 3 N–H and O–H groups in total. The summed E-state index contributed by atoms with van der Waals surface area (Å²) in [5, 5.41) is 0. The SMILES string of the molecule is COCCCC(NN)c1ccncc1C. The molecule has 4 nitrogen and oxygen atoms in total. The highest BCUT2D eigenvalue weighted by molar-refractivity contribution is 5.25. The number of ether oxygens (including phenoxy) is 1. The first kappa shape index (κ1) is 12.1. The zero-order valence-electron chi connectivity index (χ0n) is 9.36. The van der Waals surface area contributed by atoms with Crippen molar-refractivity contribution in [1.82, 2.24) is 10.4 Å². The van der Waals surface area contributed by atoms with Gasteiger partial charge in [0.25, 0.3) is 0 Å². The van der Waals surface area contributed by atoms with Crippen LogP contribution in [0.1, 0.15) is 30.0 Å². The molecule has 0 aliphatic carbocycles. The number of methoxy groups -OCH3 is 1. The van der Waals surface area contributed by atoms with E-state index in [9.17, 15) is 0 Å². The average Bonchev–Trinajstić information content (AvgIpc) is 2.26. The van der Waals surface area contributed by atoms with Crippen molar-refractivity contribution in [2.24, 2.45) is 5.84 Å². The van der Waals surface area contributed by atoms with Gasteiger partial charge in [0.1, 0.15) is 0 Å². The smallest absolute Gasteiger partial charge is 0.0464 e. The van der Waals surface area contributed by atoms with Crippen molar-refractivity contribution in [3.63, 3.8) is 0 Å². The van der Waals surface area contributed by atoms with E-state index in [0.29, 0.717) is 0 Å². The minimum atomic E-state index is 0.183. The second kappa shape index (κ2) is 6.50. The Kier molecular flexibility index (Phi) is 5.25. The molecule has 1 heterocycles. The Morgan fingerprint density at radius 3 is 3.00 bits per heavy atom. The summed E-state index contributed by atoms with van der Waals surface area (Å²) in [7, 11) is 1.71. The Bertz CT molecular complexity index is 291. The lowest BCUT2D eigenvalue weighted by Gasteiger charge is -2.17. The van der Waals surface area contributed by atoms with E-state index >= 15 is 0 Å². The van der Waals surface area contributed by atoms with Gasteiger partial charge in [-0.25, -0.2) is 0 Å². The van der Waals surface area contributed by atoms with Crippen LogP contribution in [0.15, 0.2) is 18.5 Å². The molecule has 4 heteroatoms. The third-order valence-corrected chi connectivity index (χ3v) is 2.48. The maximum Gasteiger partial charge on any atom is 0.0464 e. The highest BCUT2D eigenvalue weighted by Crippen LogP contribution is 2.20. The molecule has 15 heavy (non-hydrogen) atoms. The zero-order chi connectivity index (χ0) is 11.1. The lowest BCUT2D eigenvalue weighted by atomic mass is 10.00. The van der Waals surface area contributed by atoms with Gasteiger partial charge in [-0.2, -0.15) is 0 Å². The van der Waals surface area contributed by atoms with Gasteiger partial charge < -0.3 is 4.74 Å². The quantitative estimate of drug-likeness (QED) is 0.421. The van der Waals surface area contributed by atoms with Crippen LogP contribution in [-0.4, -0.2) is 18.7 Å². The summed E-state index contributed by atoms with van der Waals surface area (Å²) in [6.45, 7) is 2.81. The number of nitrogens with two attached hydrogens (primary N) is 1. The molecule has 1 atom stereocenters. The van der Waals surface area contributed by atoms with E-state index < -0.39 is 0 Å². The van der Waals surface area contributed by atoms with Gasteiger partial charge in [-0.15, -0.1) is 0 Å². The Morgan fingerprint density at radius 2 is 2.40 bits per heavy atom. The Hall–Kier alpha value is -0.970. The zero-order valence-corrected chi connectivity index (χ0v) is 9.36. The number of aromatic nitrogens is 1. The van der Waals surface area contributed by atoms with E-state index in [1.807, 2.05) is 19.2 Å². The van der Waals surface area contributed by atoms with Gasteiger partial charge in [0, 0.05) is 32.2 Å². The molecule has 0 saturated heterocycles. The second-order valence-electron chi connectivity index (χ2n) is 3.59. The second-order valence-corrected chi connectivity index (χ2v) is 3.59. The van der Waals surface area contributed by atoms with E-state index in [-0.39, 0.29) is 6.04 Å². The number of hydrogen-bond acceptors (Lipinski definition) is 4. The maximum absolute atomic E-state index is 5.54. The van der Waals surface area contributed by atoms with Gasteiger partial charge in [0.05, 0.1) is 0 Å². The van der Waals surface area contributed by atoms with Crippen LogP contribution in [0.2, 0.25) is 0 Å². The van der Waals surface area contributed by atoms with Crippen LogP contribution in [0.5, 0.6) is 0 Å². The monoisotopic (exact) mass is 209 g/mol. The summed E-state index contributed by atoms with van der Waals surface area (Å²) in [6.07, 6.45) is 5.61. The lowest BCUT2D eigenvalue weighted by molar-refractivity contribution is 0.188. The minimum Gasteiger partial charge on any atom is -0.385 e. The van der Waals surface area contributed by atoms with Crippen molar-refractivity contribution < 1.29 is 4.74 Å². The molecule has 1 rings (SSSR count). The van der Waals surface area contributed by atoms with Crippen LogP contribution in [-0.2, 0) is 4.74 Å². The van der Waals surface area contributed by atoms with Crippen LogP contribution < -0.4 is 11.3 Å². The standard InChI is InChI=1S/C11H19N3O/c1-9-8-13-6-5-10(9)11(14-12)4-3-7-15-2/h5-6,8,11,14H,3-4,7,12H2,1-2H3. The molecule has 0 aromatic carbocycles. The highest BCUT2D eigenvalue weighted by atomic mass is 16.5. The Labute approximate surface area is 90.8 Å². The van der Waals surface area contributed by atoms with Gasteiger partial charge in [0.2, 0.25) is 0 Å². The highest BCUT2D eigenvalue weighted by Gasteiger charge is 2.11. The molecule has 0 amide bonds. The summed E-state index contributed by atoms with van der Waals surface area (Å²) < 4.78 is 5.02. The third kappa shape index (κ3) is 3.58. The van der Waals surface area contributed by atoms with E-state index in [1.54, 1.807) is 13.3 Å². The molecule has 1 aromatic rings. The maximum atomic E-state index is 5.54. The number of rotatable bonds is 6. The molecular formula is C11H19N3O. The summed E-state index contributed by atoms with van der Waals surface area (Å²) in [6, 6.07) is 2.19. The van der Waals surface area contributed by atoms with Gasteiger partial charge in [0.15, 0.2) is 0 Å². The summed E-state index contributed by atoms with van der Waals surface area (Å²) >= 11 is 0. The first-order valence-corrected chi connectivity index (χ1v) is 5.15. The molecule has 0 radical (unpaired) electrons. The van der Waals surface area contributed by atoms with Gasteiger partial charge in [-0.3, -0.25) is 16.3 Å². The van der Waals surface area contributed by atoms with Gasteiger partial charge in [-0.05, 0) is 37.0 Å². The normalized spacial score (nSPS) is 12.7. The molecule has 1 aromatic heterocycles. The number of nitrogens with one attached hydrogen (secondary N) is 1. The summed E-state index contributed by atoms with van der Waals surface area (Å²) in [4.78, 5) is 4.06. The van der Waals surface area contributed by atoms with Crippen molar-refractivity contribution in [3.05, 3.63) is 29.6 Å². The topological polar surface area (TPSA) is 60.2 Å². The van der Waals surface area contributed by atoms with Crippen LogP contribution in [0.4, 0.5) is 0 Å². The number of hydrogen-bond donors (Lipinski definition) is 2. The van der Waals surface area contributed by atoms with Crippen LogP contribution in [0.25, 0.3) is 0 Å². The molecule has 1 unspecified atom stereocenters. The predicted octanol–water partition coefficient (Wildman–Crippen LogP) is 1.32. The molecule has 0 saturated carbocycles. The van der Waals surface area contributed by atoms with Crippen LogP contribution >= 0.6 is 0 Å². The fourth-order valence-corrected chi connectivity index (χ4v) is 1.64. The van der Waals surface area contributed by atoms with E-state index in [4.69, 9.17) is 10.6 Å². The fraction of sp³-hybridized carbons (Fsp3) is 0.545. The molecule has 0 spiro atoms. The molecular weight excluding hydrogens is 190 g/mol. The molecule has 0 bridgehead atoms. The van der Waals surface area contributed by atoms with Gasteiger partial charge in [-0.1, -0.05) is 0 Å². The Balaban J connectivity index is 2.61. The van der Waals surface area contributed by atoms with Crippen molar-refractivity contribution in [2.45, 2.75) is 25.8 Å². The number of hydrazine groups is 1. The molecule has 84 valence electrons. The van der Waals surface area contributed by atoms with Crippen LogP contribution in [0, 0.1) is 6.92 Å². The average molecular weight is 209 g/mol. The number of aryl methyl sites for hydroxylation is 1. The van der Waals surface area contributed by atoms with Crippen molar-refractivity contribution in [1.29, 1.82) is 0 Å². The van der Waals surface area contributed by atoms with E-state index in [1.165, 1.54) is 5.56 Å². The van der Waals surface area contributed by atoms with Crippen molar-refractivity contribution in [3.8, 4) is 0 Å². The molecule has 0 fully saturated rings. The lowest BCUT2D eigenvalue weighted by Crippen LogP contribution is -2.28. The predicted molar refractivity (Wildman–Crippen MR) is 60.1 cm³/mol. The number of nitrogens with zero attached hydrogens (tertiary/aromatic N) is 1. The Morgan fingerprint density at radius 1 is 1.60 bits per heavy atom. The molecule has 0 aliphatic heterocycles. The third-order valence-electron chi connectivity index (χ3n) is 2.48.